The molecule has 1 aromatic rings. The largest absolute Gasteiger partial charge is 0.494 e. The molecule has 0 aromatic heterocycles. The molecule has 3 atom stereocenters. The van der Waals surface area contributed by atoms with Gasteiger partial charge >= 0.3 is 7.12 Å². The van der Waals surface area contributed by atoms with Gasteiger partial charge in [0.05, 0.1) is 11.2 Å². The Morgan fingerprint density at radius 3 is 2.11 bits per heavy atom. The number of aliphatic hydroxyl groups excluding tert-OH is 1. The molecular weight excluding hydrogens is 353 g/mol. The highest BCUT2D eigenvalue weighted by Gasteiger charge is 2.61. The average molecular weight is 387 g/mol. The fourth-order valence-electron chi connectivity index (χ4n) is 4.61. The number of likely N-dealkylation sites (tertiary alicyclic amines) is 1. The molecule has 154 valence electrons. The van der Waals surface area contributed by atoms with Gasteiger partial charge in [0.1, 0.15) is 18.5 Å². The van der Waals surface area contributed by atoms with Crippen LogP contribution in [0, 0.1) is 17.3 Å². The van der Waals surface area contributed by atoms with Gasteiger partial charge in [-0.2, -0.15) is 0 Å². The number of ether oxygens (including phenoxy) is 1. The lowest BCUT2D eigenvalue weighted by Gasteiger charge is -2.32. The molecule has 2 heterocycles. The van der Waals surface area contributed by atoms with E-state index in [-0.39, 0.29) is 18.3 Å². The molecule has 1 aliphatic carbocycles. The summed E-state index contributed by atoms with van der Waals surface area (Å²) in [6.07, 6.45) is -0.469. The van der Waals surface area contributed by atoms with Crippen molar-refractivity contribution in [2.24, 2.45) is 17.3 Å². The number of nitrogens with zero attached hydrogens (tertiary/aromatic N) is 1. The van der Waals surface area contributed by atoms with Crippen LogP contribution in [0.4, 0.5) is 0 Å². The van der Waals surface area contributed by atoms with Crippen LogP contribution in [-0.2, 0) is 9.31 Å². The number of rotatable bonds is 6. The van der Waals surface area contributed by atoms with Gasteiger partial charge in [-0.05, 0) is 62.5 Å². The van der Waals surface area contributed by atoms with Crippen molar-refractivity contribution in [3.05, 3.63) is 24.3 Å². The summed E-state index contributed by atoms with van der Waals surface area (Å²) < 4.78 is 18.0. The molecule has 2 saturated heterocycles. The molecule has 2 aliphatic heterocycles. The molecule has 0 spiro atoms. The number of hydrogen-bond donors (Lipinski definition) is 1. The van der Waals surface area contributed by atoms with E-state index < -0.39 is 6.10 Å². The van der Waals surface area contributed by atoms with E-state index in [4.69, 9.17) is 14.0 Å². The van der Waals surface area contributed by atoms with Crippen molar-refractivity contribution in [2.45, 2.75) is 58.8 Å². The predicted octanol–water partition coefficient (Wildman–Crippen LogP) is 2.31. The number of piperidine rings is 1. The van der Waals surface area contributed by atoms with Crippen molar-refractivity contribution in [3.63, 3.8) is 0 Å². The Hall–Kier alpha value is -1.08. The number of benzene rings is 1. The molecule has 1 N–H and O–H groups in total. The maximum atomic E-state index is 10.3. The Bertz CT molecular complexity index is 688. The van der Waals surface area contributed by atoms with Gasteiger partial charge in [-0.3, -0.25) is 0 Å². The molecule has 0 amide bonds. The first-order valence-electron chi connectivity index (χ1n) is 10.5. The van der Waals surface area contributed by atoms with Crippen molar-refractivity contribution in [2.75, 3.05) is 26.2 Å². The molecule has 0 radical (unpaired) electrons. The Morgan fingerprint density at radius 1 is 1.04 bits per heavy atom. The lowest BCUT2D eigenvalue weighted by Crippen LogP contribution is -2.41. The van der Waals surface area contributed by atoms with Gasteiger partial charge in [0.2, 0.25) is 0 Å². The molecular formula is C22H34BNO4. The summed E-state index contributed by atoms with van der Waals surface area (Å²) in [6.45, 7) is 16.1. The Kier molecular flexibility index (Phi) is 4.86. The SMILES string of the molecule is CC1(C)C2CN(CC(O)COc3ccc(B4OC(C)(C)C(C)(C)O4)cc3)CC21. The second kappa shape index (κ2) is 6.73. The van der Waals surface area contributed by atoms with Crippen molar-refractivity contribution in [1.29, 1.82) is 0 Å². The first kappa shape index (κ1) is 20.2. The van der Waals surface area contributed by atoms with Crippen molar-refractivity contribution < 1.29 is 19.2 Å². The zero-order valence-electron chi connectivity index (χ0n) is 18.1. The summed E-state index contributed by atoms with van der Waals surface area (Å²) in [7, 11) is -0.365. The highest BCUT2D eigenvalue weighted by Crippen LogP contribution is 2.61. The van der Waals surface area contributed by atoms with Crippen LogP contribution in [0.2, 0.25) is 0 Å². The lowest BCUT2D eigenvalue weighted by atomic mass is 9.79. The third-order valence-corrected chi connectivity index (χ3v) is 7.51. The fourth-order valence-corrected chi connectivity index (χ4v) is 4.61. The average Bonchev–Trinajstić information content (AvgIpc) is 2.91. The molecule has 1 aromatic carbocycles. The number of hydrogen-bond acceptors (Lipinski definition) is 5. The normalized spacial score (nSPS) is 30.9. The zero-order chi connectivity index (χ0) is 20.3. The highest BCUT2D eigenvalue weighted by molar-refractivity contribution is 6.62. The number of aliphatic hydroxyl groups is 1. The quantitative estimate of drug-likeness (QED) is 0.760. The molecule has 3 aliphatic rings. The molecule has 1 saturated carbocycles. The Balaban J connectivity index is 1.24. The number of fused-ring (bicyclic) bond motifs is 1. The smallest absolute Gasteiger partial charge is 0.491 e. The third-order valence-electron chi connectivity index (χ3n) is 7.51. The Labute approximate surface area is 169 Å². The summed E-state index contributed by atoms with van der Waals surface area (Å²) in [5.41, 5.74) is 0.798. The summed E-state index contributed by atoms with van der Waals surface area (Å²) >= 11 is 0. The zero-order valence-corrected chi connectivity index (χ0v) is 18.1. The van der Waals surface area contributed by atoms with Crippen LogP contribution in [0.3, 0.4) is 0 Å². The van der Waals surface area contributed by atoms with Gasteiger partial charge < -0.3 is 24.1 Å². The molecule has 3 fully saturated rings. The van der Waals surface area contributed by atoms with Crippen LogP contribution in [0.15, 0.2) is 24.3 Å². The van der Waals surface area contributed by atoms with Gasteiger partial charge in [-0.25, -0.2) is 0 Å². The second-order valence-electron chi connectivity index (χ2n) is 10.4. The van der Waals surface area contributed by atoms with Crippen LogP contribution in [-0.4, -0.2) is 60.7 Å². The van der Waals surface area contributed by atoms with Crippen molar-refractivity contribution in [1.82, 2.24) is 4.90 Å². The molecule has 3 unspecified atom stereocenters. The molecule has 5 nitrogen and oxygen atoms in total. The van der Waals surface area contributed by atoms with E-state index >= 15 is 0 Å². The third kappa shape index (κ3) is 3.60. The maximum Gasteiger partial charge on any atom is 0.494 e. The van der Waals surface area contributed by atoms with E-state index in [2.05, 4.69) is 46.4 Å². The van der Waals surface area contributed by atoms with E-state index in [1.54, 1.807) is 0 Å². The van der Waals surface area contributed by atoms with Gasteiger partial charge in [0, 0.05) is 19.6 Å². The first-order valence-corrected chi connectivity index (χ1v) is 10.5. The van der Waals surface area contributed by atoms with E-state index in [1.165, 1.54) is 0 Å². The van der Waals surface area contributed by atoms with Crippen LogP contribution in [0.5, 0.6) is 5.75 Å². The summed E-state index contributed by atoms with van der Waals surface area (Å²) in [5.74, 6) is 2.37. The number of β-amino-alcohol motifs (C(OH)–C–C–N with tert-alkyl or cyclic N) is 1. The van der Waals surface area contributed by atoms with Crippen molar-refractivity contribution >= 4 is 12.6 Å². The van der Waals surface area contributed by atoms with Gasteiger partial charge in [0.25, 0.3) is 0 Å². The first-order chi connectivity index (χ1) is 13.0. The topological polar surface area (TPSA) is 51.2 Å². The Morgan fingerprint density at radius 2 is 1.57 bits per heavy atom. The standard InChI is InChI=1S/C22H34BNO4/c1-20(2)18-12-24(13-19(18)20)11-16(25)14-26-17-9-7-15(8-10-17)23-27-21(3,4)22(5,6)28-23/h7-10,16,18-19,25H,11-14H2,1-6H3. The minimum atomic E-state index is -0.469. The van der Waals surface area contributed by atoms with E-state index in [1.807, 2.05) is 24.3 Å². The monoisotopic (exact) mass is 387 g/mol. The summed E-state index contributed by atoms with van der Waals surface area (Å²) in [6, 6.07) is 7.78. The van der Waals surface area contributed by atoms with Gasteiger partial charge in [-0.15, -0.1) is 0 Å². The predicted molar refractivity (Wildman–Crippen MR) is 111 cm³/mol. The van der Waals surface area contributed by atoms with Crippen LogP contribution in [0.1, 0.15) is 41.5 Å². The second-order valence-corrected chi connectivity index (χ2v) is 10.4. The summed E-state index contributed by atoms with van der Waals surface area (Å²) in [4.78, 5) is 2.37. The van der Waals surface area contributed by atoms with Crippen LogP contribution in [0.25, 0.3) is 0 Å². The van der Waals surface area contributed by atoms with Gasteiger partial charge in [-0.1, -0.05) is 26.0 Å². The maximum absolute atomic E-state index is 10.3. The lowest BCUT2D eigenvalue weighted by molar-refractivity contribution is 0.00578. The highest BCUT2D eigenvalue weighted by atomic mass is 16.7. The minimum Gasteiger partial charge on any atom is -0.491 e. The fraction of sp³-hybridized carbons (Fsp3) is 0.727. The molecule has 0 bridgehead atoms. The van der Waals surface area contributed by atoms with Crippen molar-refractivity contribution in [3.8, 4) is 5.75 Å². The van der Waals surface area contributed by atoms with E-state index in [0.717, 1.165) is 36.1 Å². The molecule has 28 heavy (non-hydrogen) atoms. The van der Waals surface area contributed by atoms with Crippen LogP contribution < -0.4 is 10.2 Å². The minimum absolute atomic E-state index is 0.311. The van der Waals surface area contributed by atoms with Gasteiger partial charge in [0.15, 0.2) is 0 Å². The summed E-state index contributed by atoms with van der Waals surface area (Å²) in [5, 5.41) is 10.3. The molecule has 6 heteroatoms. The molecule has 4 rings (SSSR count). The van der Waals surface area contributed by atoms with E-state index in [0.29, 0.717) is 18.6 Å². The van der Waals surface area contributed by atoms with E-state index in [9.17, 15) is 5.11 Å². The van der Waals surface area contributed by atoms with Crippen LogP contribution >= 0.6 is 0 Å².